The molecule has 1 saturated carbocycles. The Hall–Kier alpha value is -1.56. The number of thiophene rings is 1. The van der Waals surface area contributed by atoms with Crippen molar-refractivity contribution in [3.63, 3.8) is 0 Å². The molecule has 110 valence electrons. The first-order valence-corrected chi connectivity index (χ1v) is 7.56. The quantitative estimate of drug-likeness (QED) is 0.345. The maximum absolute atomic E-state index is 12.5. The van der Waals surface area contributed by atoms with Crippen LogP contribution in [0.1, 0.15) is 42.5 Å². The molecule has 20 heavy (non-hydrogen) atoms. The Morgan fingerprint density at radius 3 is 2.70 bits per heavy atom. The molecule has 6 heteroatoms. The topological polar surface area (TPSA) is 87.7 Å². The summed E-state index contributed by atoms with van der Waals surface area (Å²) in [6, 6.07) is 3.98. The maximum Gasteiger partial charge on any atom is 0.234 e. The Bertz CT molecular complexity index is 532. The third-order valence-electron chi connectivity index (χ3n) is 3.96. The Labute approximate surface area is 122 Å². The van der Waals surface area contributed by atoms with Crippen molar-refractivity contribution in [1.82, 2.24) is 5.32 Å². The molecule has 1 unspecified atom stereocenters. The van der Waals surface area contributed by atoms with Gasteiger partial charge in [0.25, 0.3) is 0 Å². The molecule has 1 aliphatic rings. The molecule has 1 fully saturated rings. The van der Waals surface area contributed by atoms with E-state index < -0.39 is 5.41 Å². The monoisotopic (exact) mass is 295 g/mol. The Morgan fingerprint density at radius 1 is 1.60 bits per heavy atom. The van der Waals surface area contributed by atoms with E-state index >= 15 is 0 Å². The lowest BCUT2D eigenvalue weighted by molar-refractivity contribution is -0.133. The van der Waals surface area contributed by atoms with Crippen LogP contribution in [0.15, 0.2) is 17.3 Å². The first-order chi connectivity index (χ1) is 9.39. The van der Waals surface area contributed by atoms with Crippen molar-refractivity contribution in [2.45, 2.75) is 39.7 Å². The van der Waals surface area contributed by atoms with Gasteiger partial charge < -0.3 is 16.3 Å². The lowest BCUT2D eigenvalue weighted by Gasteiger charge is -2.44. The molecule has 1 aromatic rings. The molecular weight excluding hydrogens is 274 g/mol. The van der Waals surface area contributed by atoms with Crippen LogP contribution in [0.5, 0.6) is 0 Å². The van der Waals surface area contributed by atoms with Crippen LogP contribution >= 0.6 is 11.3 Å². The Balaban J connectivity index is 2.10. The van der Waals surface area contributed by atoms with Gasteiger partial charge in [-0.3, -0.25) is 4.79 Å². The molecule has 0 aromatic carbocycles. The summed E-state index contributed by atoms with van der Waals surface area (Å²) in [5.41, 5.74) is 4.90. The first kappa shape index (κ1) is 14.8. The highest BCUT2D eigenvalue weighted by atomic mass is 32.1. The van der Waals surface area contributed by atoms with Crippen LogP contribution in [-0.4, -0.2) is 17.0 Å². The van der Waals surface area contributed by atoms with Gasteiger partial charge in [0.1, 0.15) is 5.41 Å². The summed E-state index contributed by atoms with van der Waals surface area (Å²) in [5, 5.41) is 15.0. The minimum atomic E-state index is -0.839. The second kappa shape index (κ2) is 5.44. The highest BCUT2D eigenvalue weighted by Crippen LogP contribution is 2.46. The van der Waals surface area contributed by atoms with Gasteiger partial charge in [-0.15, -0.1) is 11.3 Å². The smallest absolute Gasteiger partial charge is 0.234 e. The van der Waals surface area contributed by atoms with Gasteiger partial charge in [0.05, 0.1) is 6.04 Å². The normalized spacial score (nSPS) is 27.8. The molecule has 5 nitrogen and oxygen atoms in total. The van der Waals surface area contributed by atoms with Crippen molar-refractivity contribution in [2.75, 3.05) is 0 Å². The summed E-state index contributed by atoms with van der Waals surface area (Å²) >= 11 is 1.66. The number of amidine groups is 1. The first-order valence-electron chi connectivity index (χ1n) is 6.74. The molecular formula is C14H21N3O2S. The maximum atomic E-state index is 12.5. The number of aryl methyl sites for hydroxylation is 1. The summed E-state index contributed by atoms with van der Waals surface area (Å²) in [7, 11) is 0. The molecule has 0 bridgehead atoms. The second-order valence-corrected chi connectivity index (χ2v) is 7.04. The van der Waals surface area contributed by atoms with Crippen molar-refractivity contribution in [1.29, 1.82) is 0 Å². The minimum absolute atomic E-state index is 0.0164. The second-order valence-electron chi connectivity index (χ2n) is 5.72. The zero-order chi connectivity index (χ0) is 14.9. The van der Waals surface area contributed by atoms with Crippen LogP contribution in [0, 0.1) is 18.3 Å². The lowest BCUT2D eigenvalue weighted by atomic mass is 9.61. The van der Waals surface area contributed by atoms with E-state index in [0.717, 1.165) is 4.88 Å². The average Bonchev–Trinajstić information content (AvgIpc) is 2.80. The van der Waals surface area contributed by atoms with Crippen LogP contribution in [0.3, 0.4) is 0 Å². The number of nitrogens with zero attached hydrogens (tertiary/aromatic N) is 1. The van der Waals surface area contributed by atoms with Gasteiger partial charge in [-0.25, -0.2) is 0 Å². The predicted octanol–water partition coefficient (Wildman–Crippen LogP) is 2.40. The average molecular weight is 295 g/mol. The van der Waals surface area contributed by atoms with Crippen molar-refractivity contribution in [3.8, 4) is 0 Å². The predicted molar refractivity (Wildman–Crippen MR) is 79.9 cm³/mol. The van der Waals surface area contributed by atoms with Crippen LogP contribution in [0.4, 0.5) is 0 Å². The molecule has 1 amide bonds. The Morgan fingerprint density at radius 2 is 2.25 bits per heavy atom. The van der Waals surface area contributed by atoms with Crippen LogP contribution in [0.2, 0.25) is 0 Å². The lowest BCUT2D eigenvalue weighted by Crippen LogP contribution is -2.57. The number of rotatable bonds is 4. The molecule has 0 saturated heterocycles. The summed E-state index contributed by atoms with van der Waals surface area (Å²) in [6.07, 6.45) is 1.26. The number of amides is 1. The molecule has 1 aromatic heterocycles. The summed E-state index contributed by atoms with van der Waals surface area (Å²) in [6.45, 7) is 6.04. The van der Waals surface area contributed by atoms with Crippen molar-refractivity contribution < 1.29 is 10.0 Å². The molecule has 0 aliphatic heterocycles. The molecule has 1 atom stereocenters. The number of carbonyl (C=O) groups is 1. The van der Waals surface area contributed by atoms with E-state index in [1.54, 1.807) is 11.3 Å². The Kier molecular flexibility index (Phi) is 4.04. The number of carbonyl (C=O) groups excluding carboxylic acids is 1. The van der Waals surface area contributed by atoms with E-state index in [9.17, 15) is 4.79 Å². The van der Waals surface area contributed by atoms with Gasteiger partial charge in [-0.1, -0.05) is 12.1 Å². The van der Waals surface area contributed by atoms with Crippen LogP contribution in [-0.2, 0) is 4.79 Å². The van der Waals surface area contributed by atoms with Crippen molar-refractivity contribution >= 4 is 23.1 Å². The van der Waals surface area contributed by atoms with Gasteiger partial charge >= 0.3 is 0 Å². The van der Waals surface area contributed by atoms with Gasteiger partial charge in [0.15, 0.2) is 5.84 Å². The third kappa shape index (κ3) is 2.52. The summed E-state index contributed by atoms with van der Waals surface area (Å²) in [5.74, 6) is 0.285. The van der Waals surface area contributed by atoms with E-state index in [0.29, 0.717) is 18.8 Å². The van der Waals surface area contributed by atoms with Gasteiger partial charge in [-0.05, 0) is 44.7 Å². The SMILES string of the molecule is Cc1ccc(C(C)NC(=O)C2(/C(N)=N/O)CC(C)C2)s1. The number of hydrogen-bond donors (Lipinski definition) is 3. The van der Waals surface area contributed by atoms with Crippen LogP contribution < -0.4 is 11.1 Å². The van der Waals surface area contributed by atoms with E-state index in [-0.39, 0.29) is 17.8 Å². The molecule has 0 radical (unpaired) electrons. The third-order valence-corrected chi connectivity index (χ3v) is 5.15. The van der Waals surface area contributed by atoms with Crippen LogP contribution in [0.25, 0.3) is 0 Å². The van der Waals surface area contributed by atoms with E-state index in [1.807, 2.05) is 26.0 Å². The van der Waals surface area contributed by atoms with Gasteiger partial charge in [0.2, 0.25) is 5.91 Å². The fourth-order valence-corrected chi connectivity index (χ4v) is 3.71. The summed E-state index contributed by atoms with van der Waals surface area (Å²) in [4.78, 5) is 14.8. The molecule has 4 N–H and O–H groups in total. The standard InChI is InChI=1S/C14H21N3O2S/c1-8-6-14(7-8,12(15)17-19)13(18)16-10(3)11-5-4-9(2)20-11/h4-5,8,10,19H,6-7H2,1-3H3,(H2,15,17)(H,16,18). The van der Waals surface area contributed by atoms with Crippen molar-refractivity contribution in [2.24, 2.45) is 22.2 Å². The highest BCUT2D eigenvalue weighted by Gasteiger charge is 2.52. The fourth-order valence-electron chi connectivity index (χ4n) is 2.83. The van der Waals surface area contributed by atoms with E-state index in [2.05, 4.69) is 17.4 Å². The number of hydrogen-bond acceptors (Lipinski definition) is 4. The van der Waals surface area contributed by atoms with Gasteiger partial charge in [-0.2, -0.15) is 0 Å². The van der Waals surface area contributed by atoms with E-state index in [4.69, 9.17) is 10.9 Å². The number of nitrogens with one attached hydrogen (secondary N) is 1. The largest absolute Gasteiger partial charge is 0.409 e. The zero-order valence-electron chi connectivity index (χ0n) is 12.0. The van der Waals surface area contributed by atoms with Gasteiger partial charge in [0, 0.05) is 9.75 Å². The molecule has 0 spiro atoms. The zero-order valence-corrected chi connectivity index (χ0v) is 12.8. The van der Waals surface area contributed by atoms with Crippen molar-refractivity contribution in [3.05, 3.63) is 21.9 Å². The fraction of sp³-hybridized carbons (Fsp3) is 0.571. The minimum Gasteiger partial charge on any atom is -0.409 e. The molecule has 1 heterocycles. The highest BCUT2D eigenvalue weighted by molar-refractivity contribution is 7.12. The molecule has 2 rings (SSSR count). The number of nitrogens with two attached hydrogens (primary N) is 1. The molecule has 1 aliphatic carbocycles. The number of oxime groups is 1. The van der Waals surface area contributed by atoms with E-state index in [1.165, 1.54) is 4.88 Å². The summed E-state index contributed by atoms with van der Waals surface area (Å²) < 4.78 is 0.